The van der Waals surface area contributed by atoms with Gasteiger partial charge in [-0.25, -0.2) is 0 Å². The van der Waals surface area contributed by atoms with E-state index in [2.05, 4.69) is 45.7 Å². The molecule has 1 atom stereocenters. The Kier molecular flexibility index (Phi) is 7.87. The molecule has 1 heteroatoms. The summed E-state index contributed by atoms with van der Waals surface area (Å²) in [6.45, 7) is 11.4. The molecule has 0 N–H and O–H groups in total. The summed E-state index contributed by atoms with van der Waals surface area (Å²) in [5.41, 5.74) is 1.50. The van der Waals surface area contributed by atoms with Crippen molar-refractivity contribution in [2.75, 3.05) is 20.1 Å². The topological polar surface area (TPSA) is 3.24 Å². The van der Waals surface area contributed by atoms with Crippen molar-refractivity contribution in [1.82, 2.24) is 4.90 Å². The highest BCUT2D eigenvalue weighted by molar-refractivity contribution is 4.95. The minimum atomic E-state index is 0.875. The van der Waals surface area contributed by atoms with E-state index in [1.165, 1.54) is 37.9 Å². The zero-order valence-corrected chi connectivity index (χ0v) is 10.6. The molecule has 0 aliphatic rings. The van der Waals surface area contributed by atoms with Gasteiger partial charge in [-0.1, -0.05) is 31.9 Å². The molecule has 0 heterocycles. The summed E-state index contributed by atoms with van der Waals surface area (Å²) in [5, 5.41) is 0. The van der Waals surface area contributed by atoms with Gasteiger partial charge in [0, 0.05) is 6.54 Å². The average Bonchev–Trinajstić information content (AvgIpc) is 2.22. The third-order valence-corrected chi connectivity index (χ3v) is 3.08. The van der Waals surface area contributed by atoms with Crippen LogP contribution in [0, 0.1) is 5.92 Å². The molecular formula is C13H27N. The molecule has 0 amide bonds. The van der Waals surface area contributed by atoms with Crippen LogP contribution >= 0.6 is 0 Å². The molecular weight excluding hydrogens is 170 g/mol. The highest BCUT2D eigenvalue weighted by Crippen LogP contribution is 2.08. The van der Waals surface area contributed by atoms with Gasteiger partial charge in [0.15, 0.2) is 0 Å². The molecule has 0 aromatic rings. The van der Waals surface area contributed by atoms with Crippen LogP contribution in [-0.2, 0) is 0 Å². The first-order chi connectivity index (χ1) is 6.60. The first-order valence-electron chi connectivity index (χ1n) is 5.90. The zero-order valence-electron chi connectivity index (χ0n) is 10.6. The summed E-state index contributed by atoms with van der Waals surface area (Å²) in [4.78, 5) is 2.44. The van der Waals surface area contributed by atoms with Crippen molar-refractivity contribution in [2.45, 2.75) is 47.0 Å². The van der Waals surface area contributed by atoms with E-state index >= 15 is 0 Å². The first kappa shape index (κ1) is 13.7. The van der Waals surface area contributed by atoms with Gasteiger partial charge in [-0.05, 0) is 46.2 Å². The van der Waals surface area contributed by atoms with Gasteiger partial charge in [-0.15, -0.1) is 0 Å². The van der Waals surface area contributed by atoms with E-state index in [0.717, 1.165) is 5.92 Å². The lowest BCUT2D eigenvalue weighted by molar-refractivity contribution is 0.306. The van der Waals surface area contributed by atoms with Crippen LogP contribution in [0.3, 0.4) is 0 Å². The molecule has 1 unspecified atom stereocenters. The Morgan fingerprint density at radius 1 is 1.36 bits per heavy atom. The fourth-order valence-electron chi connectivity index (χ4n) is 1.27. The molecule has 14 heavy (non-hydrogen) atoms. The van der Waals surface area contributed by atoms with Gasteiger partial charge in [0.05, 0.1) is 0 Å². The molecule has 0 aromatic heterocycles. The Morgan fingerprint density at radius 2 is 2.00 bits per heavy atom. The maximum absolute atomic E-state index is 2.44. The van der Waals surface area contributed by atoms with E-state index in [0.29, 0.717) is 0 Å². The number of hydrogen-bond acceptors (Lipinski definition) is 1. The Labute approximate surface area is 90.2 Å². The van der Waals surface area contributed by atoms with Gasteiger partial charge < -0.3 is 4.90 Å². The van der Waals surface area contributed by atoms with Gasteiger partial charge in [0.2, 0.25) is 0 Å². The minimum Gasteiger partial charge on any atom is -0.306 e. The summed E-state index contributed by atoms with van der Waals surface area (Å²) >= 11 is 0. The molecule has 0 radical (unpaired) electrons. The van der Waals surface area contributed by atoms with E-state index in [1.807, 2.05) is 0 Å². The maximum atomic E-state index is 2.44. The summed E-state index contributed by atoms with van der Waals surface area (Å²) < 4.78 is 0. The van der Waals surface area contributed by atoms with Gasteiger partial charge in [-0.2, -0.15) is 0 Å². The molecule has 0 bridgehead atoms. The molecule has 84 valence electrons. The van der Waals surface area contributed by atoms with Crippen molar-refractivity contribution in [3.05, 3.63) is 11.6 Å². The van der Waals surface area contributed by atoms with Crippen molar-refractivity contribution in [1.29, 1.82) is 0 Å². The van der Waals surface area contributed by atoms with Crippen LogP contribution in [0.25, 0.3) is 0 Å². The lowest BCUT2D eigenvalue weighted by atomic mass is 10.1. The lowest BCUT2D eigenvalue weighted by Crippen LogP contribution is -2.22. The molecule has 0 aliphatic heterocycles. The molecule has 0 spiro atoms. The van der Waals surface area contributed by atoms with E-state index < -0.39 is 0 Å². The molecule has 0 aliphatic carbocycles. The van der Waals surface area contributed by atoms with Crippen molar-refractivity contribution in [3.63, 3.8) is 0 Å². The summed E-state index contributed by atoms with van der Waals surface area (Å²) in [7, 11) is 2.23. The second kappa shape index (κ2) is 8.05. The molecule has 0 saturated carbocycles. The average molecular weight is 197 g/mol. The molecule has 0 fully saturated rings. The van der Waals surface area contributed by atoms with Gasteiger partial charge in [-0.3, -0.25) is 0 Å². The van der Waals surface area contributed by atoms with Crippen LogP contribution in [-0.4, -0.2) is 25.0 Å². The number of nitrogens with zero attached hydrogens (tertiary/aromatic N) is 1. The standard InChI is InChI=1S/C13H27N/c1-6-12(3)8-10-14(5)11-9-13(4)7-2/h6,13H,7-11H2,1-5H3/b12-6+. The third-order valence-electron chi connectivity index (χ3n) is 3.08. The predicted molar refractivity (Wildman–Crippen MR) is 65.6 cm³/mol. The maximum Gasteiger partial charge on any atom is 0.00154 e. The summed E-state index contributed by atoms with van der Waals surface area (Å²) in [6.07, 6.45) is 6.07. The monoisotopic (exact) mass is 197 g/mol. The number of rotatable bonds is 7. The Bertz CT molecular complexity index is 161. The SMILES string of the molecule is C/C=C(\C)CCN(C)CCC(C)CC. The van der Waals surface area contributed by atoms with E-state index in [-0.39, 0.29) is 0 Å². The van der Waals surface area contributed by atoms with Crippen molar-refractivity contribution in [2.24, 2.45) is 5.92 Å². The van der Waals surface area contributed by atoms with Gasteiger partial charge >= 0.3 is 0 Å². The van der Waals surface area contributed by atoms with Crippen LogP contribution in [0.15, 0.2) is 11.6 Å². The normalized spacial score (nSPS) is 14.9. The molecule has 0 saturated heterocycles. The number of hydrogen-bond donors (Lipinski definition) is 0. The smallest absolute Gasteiger partial charge is 0.00154 e. The fourth-order valence-corrected chi connectivity index (χ4v) is 1.27. The van der Waals surface area contributed by atoms with Crippen LogP contribution in [0.4, 0.5) is 0 Å². The van der Waals surface area contributed by atoms with Gasteiger partial charge in [0.25, 0.3) is 0 Å². The summed E-state index contributed by atoms with van der Waals surface area (Å²) in [5.74, 6) is 0.875. The Hall–Kier alpha value is -0.300. The minimum absolute atomic E-state index is 0.875. The molecule has 1 nitrogen and oxygen atoms in total. The van der Waals surface area contributed by atoms with Crippen molar-refractivity contribution < 1.29 is 0 Å². The Morgan fingerprint density at radius 3 is 2.50 bits per heavy atom. The Balaban J connectivity index is 3.50. The fraction of sp³-hybridized carbons (Fsp3) is 0.846. The highest BCUT2D eigenvalue weighted by Gasteiger charge is 2.02. The second-order valence-electron chi connectivity index (χ2n) is 4.49. The second-order valence-corrected chi connectivity index (χ2v) is 4.49. The van der Waals surface area contributed by atoms with Crippen LogP contribution in [0.5, 0.6) is 0 Å². The zero-order chi connectivity index (χ0) is 11.0. The van der Waals surface area contributed by atoms with E-state index in [9.17, 15) is 0 Å². The van der Waals surface area contributed by atoms with E-state index in [1.54, 1.807) is 0 Å². The highest BCUT2D eigenvalue weighted by atomic mass is 15.1. The molecule has 0 rings (SSSR count). The van der Waals surface area contributed by atoms with Crippen LogP contribution in [0.1, 0.15) is 47.0 Å². The quantitative estimate of drug-likeness (QED) is 0.562. The van der Waals surface area contributed by atoms with Crippen molar-refractivity contribution in [3.8, 4) is 0 Å². The molecule has 0 aromatic carbocycles. The first-order valence-corrected chi connectivity index (χ1v) is 5.90. The third kappa shape index (κ3) is 7.14. The van der Waals surface area contributed by atoms with Crippen LogP contribution < -0.4 is 0 Å². The largest absolute Gasteiger partial charge is 0.306 e. The number of allylic oxidation sites excluding steroid dienone is 1. The van der Waals surface area contributed by atoms with Crippen molar-refractivity contribution >= 4 is 0 Å². The predicted octanol–water partition coefficient (Wildman–Crippen LogP) is 3.71. The lowest BCUT2D eigenvalue weighted by Gasteiger charge is -2.18. The van der Waals surface area contributed by atoms with Gasteiger partial charge in [0.1, 0.15) is 0 Å². The van der Waals surface area contributed by atoms with E-state index in [4.69, 9.17) is 0 Å². The van der Waals surface area contributed by atoms with Crippen LogP contribution in [0.2, 0.25) is 0 Å². The summed E-state index contributed by atoms with van der Waals surface area (Å²) in [6, 6.07) is 0.